The van der Waals surface area contributed by atoms with E-state index in [0.717, 1.165) is 19.4 Å². The number of benzene rings is 1. The zero-order chi connectivity index (χ0) is 31.7. The number of hydrogen-bond acceptors (Lipinski definition) is 9. The summed E-state index contributed by atoms with van der Waals surface area (Å²) in [7, 11) is 0. The van der Waals surface area contributed by atoms with E-state index in [-0.39, 0.29) is 71.3 Å². The van der Waals surface area contributed by atoms with Gasteiger partial charge in [-0.05, 0) is 51.3 Å². The summed E-state index contributed by atoms with van der Waals surface area (Å²) in [5.74, 6) is -1.01. The van der Waals surface area contributed by atoms with Gasteiger partial charge in [0.15, 0.2) is 5.82 Å². The molecule has 1 aromatic carbocycles. The van der Waals surface area contributed by atoms with Gasteiger partial charge in [-0.3, -0.25) is 10.00 Å². The molecule has 7 rings (SSSR count). The Morgan fingerprint density at radius 3 is 2.82 bits per heavy atom. The van der Waals surface area contributed by atoms with Gasteiger partial charge in [0.2, 0.25) is 5.88 Å². The topological polar surface area (TPSA) is 113 Å². The lowest BCUT2D eigenvalue weighted by molar-refractivity contribution is -0.137. The Labute approximate surface area is 254 Å². The summed E-state index contributed by atoms with van der Waals surface area (Å²) in [6.45, 7) is 4.48. The lowest BCUT2D eigenvalue weighted by Crippen LogP contribution is -2.43. The molecule has 0 aliphatic carbocycles. The van der Waals surface area contributed by atoms with Crippen molar-refractivity contribution in [2.24, 2.45) is 0 Å². The van der Waals surface area contributed by atoms with Gasteiger partial charge in [-0.2, -0.15) is 28.2 Å². The predicted molar refractivity (Wildman–Crippen MR) is 155 cm³/mol. The third-order valence-corrected chi connectivity index (χ3v) is 9.34. The van der Waals surface area contributed by atoms with Crippen LogP contribution in [0.15, 0.2) is 12.3 Å². The van der Waals surface area contributed by atoms with Gasteiger partial charge in [-0.1, -0.05) is 0 Å². The molecule has 0 bridgehead atoms. The van der Waals surface area contributed by atoms with E-state index in [4.69, 9.17) is 9.47 Å². The second-order valence-corrected chi connectivity index (χ2v) is 12.0. The molecule has 3 atom stereocenters. The van der Waals surface area contributed by atoms with Crippen LogP contribution in [-0.4, -0.2) is 92.4 Å². The molecular weight excluding hydrogens is 601 g/mol. The molecule has 15 heteroatoms. The highest BCUT2D eigenvalue weighted by Crippen LogP contribution is 2.47. The molecule has 2 saturated heterocycles. The van der Waals surface area contributed by atoms with Crippen molar-refractivity contribution in [2.75, 3.05) is 44.4 Å². The first-order valence-electron chi connectivity index (χ1n) is 15.0. The number of fused-ring (bicyclic) bond motifs is 2. The number of aryl methyl sites for hydroxylation is 1. The standard InChI is InChI=1S/C30H32F5N7O3/c1-3-42-17(5-8-43)13-44-27-21-25(38-28(39-26(21)42)45-14-29-6-4-7-41(29)12-16(31)10-29)23(32)24(37-27)20-18-11-36-40-19(18)9-15(2)22(20)30(33,34)35/h9,11,16-17,43H,3-8,10,12-14H2,1-2H3,(H,36,40)/t16-,17+,29+/m1/s1. The van der Waals surface area contributed by atoms with Crippen molar-refractivity contribution in [1.82, 2.24) is 30.0 Å². The van der Waals surface area contributed by atoms with Crippen molar-refractivity contribution < 1.29 is 36.5 Å². The molecule has 2 N–H and O–H groups in total. The van der Waals surface area contributed by atoms with Gasteiger partial charge >= 0.3 is 12.2 Å². The maximum Gasteiger partial charge on any atom is 0.417 e. The Morgan fingerprint density at radius 2 is 2.07 bits per heavy atom. The Morgan fingerprint density at radius 1 is 1.24 bits per heavy atom. The van der Waals surface area contributed by atoms with Crippen LogP contribution in [0.25, 0.3) is 33.1 Å². The smallest absolute Gasteiger partial charge is 0.417 e. The van der Waals surface area contributed by atoms with E-state index in [1.807, 2.05) is 11.8 Å². The van der Waals surface area contributed by atoms with Crippen molar-refractivity contribution in [3.63, 3.8) is 0 Å². The van der Waals surface area contributed by atoms with E-state index >= 15 is 4.39 Å². The number of halogens is 5. The van der Waals surface area contributed by atoms with Crippen LogP contribution < -0.4 is 14.4 Å². The average Bonchev–Trinajstić information content (AvgIpc) is 3.66. The molecule has 0 spiro atoms. The predicted octanol–water partition coefficient (Wildman–Crippen LogP) is 4.96. The molecule has 10 nitrogen and oxygen atoms in total. The monoisotopic (exact) mass is 633 g/mol. The zero-order valence-electron chi connectivity index (χ0n) is 24.7. The molecule has 0 saturated carbocycles. The van der Waals surface area contributed by atoms with Gasteiger partial charge in [0.05, 0.1) is 28.9 Å². The van der Waals surface area contributed by atoms with Gasteiger partial charge in [0.1, 0.15) is 41.8 Å². The number of aromatic amines is 1. The van der Waals surface area contributed by atoms with Crippen molar-refractivity contribution in [3.05, 3.63) is 29.2 Å². The fourth-order valence-corrected chi connectivity index (χ4v) is 7.36. The average molecular weight is 634 g/mol. The number of nitrogens with one attached hydrogen (secondary N) is 1. The third-order valence-electron chi connectivity index (χ3n) is 9.34. The molecule has 6 heterocycles. The first kappa shape index (κ1) is 29.8. The summed E-state index contributed by atoms with van der Waals surface area (Å²) < 4.78 is 87.1. The van der Waals surface area contributed by atoms with E-state index in [2.05, 4.69) is 30.0 Å². The lowest BCUT2D eigenvalue weighted by atomic mass is 9.94. The molecule has 2 fully saturated rings. The van der Waals surface area contributed by atoms with Gasteiger partial charge in [-0.25, -0.2) is 13.8 Å². The number of aliphatic hydroxyl groups is 1. The van der Waals surface area contributed by atoms with E-state index in [0.29, 0.717) is 19.5 Å². The molecule has 0 unspecified atom stereocenters. The molecule has 3 aromatic heterocycles. The Balaban J connectivity index is 1.45. The van der Waals surface area contributed by atoms with E-state index in [1.165, 1.54) is 19.2 Å². The van der Waals surface area contributed by atoms with Crippen LogP contribution in [0, 0.1) is 12.7 Å². The number of H-pyrrole nitrogens is 1. The third kappa shape index (κ3) is 4.82. The molecule has 240 valence electrons. The first-order chi connectivity index (χ1) is 21.5. The number of alkyl halides is 4. The minimum absolute atomic E-state index is 0.00511. The number of anilines is 1. The Bertz CT molecular complexity index is 1780. The number of likely N-dealkylation sites (N-methyl/N-ethyl adjacent to an activating group) is 1. The SMILES string of the molecule is CCN1c2nc(OC[C@@]34CCCN3C[C@H](F)C4)nc3c(F)c(-c4c(C(F)(F)F)c(C)cc5[nH]ncc45)nc(c23)OC[C@@H]1CCO. The summed E-state index contributed by atoms with van der Waals surface area (Å²) in [6, 6.07) is 0.698. The quantitative estimate of drug-likeness (QED) is 0.273. The van der Waals surface area contributed by atoms with E-state index < -0.39 is 46.6 Å². The molecule has 3 aliphatic rings. The van der Waals surface area contributed by atoms with Gasteiger partial charge in [0, 0.05) is 37.1 Å². The number of aromatic nitrogens is 5. The number of rotatable bonds is 7. The molecule has 4 aromatic rings. The van der Waals surface area contributed by atoms with Crippen LogP contribution in [-0.2, 0) is 6.18 Å². The van der Waals surface area contributed by atoms with Crippen molar-refractivity contribution in [2.45, 2.75) is 63.5 Å². The molecule has 3 aliphatic heterocycles. The normalized spacial score (nSPS) is 23.5. The first-order valence-corrected chi connectivity index (χ1v) is 15.0. The summed E-state index contributed by atoms with van der Waals surface area (Å²) >= 11 is 0. The molecule has 0 radical (unpaired) electrons. The number of ether oxygens (including phenoxy) is 2. The van der Waals surface area contributed by atoms with Crippen LogP contribution >= 0.6 is 0 Å². The number of pyridine rings is 1. The van der Waals surface area contributed by atoms with Crippen LogP contribution in [0.5, 0.6) is 11.9 Å². The van der Waals surface area contributed by atoms with Gasteiger partial charge in [0.25, 0.3) is 0 Å². The number of aliphatic hydroxyl groups excluding tert-OH is 1. The minimum Gasteiger partial charge on any atom is -0.475 e. The summed E-state index contributed by atoms with van der Waals surface area (Å²) in [6.07, 6.45) is -2.46. The minimum atomic E-state index is -4.85. The zero-order valence-corrected chi connectivity index (χ0v) is 24.7. The van der Waals surface area contributed by atoms with Gasteiger partial charge < -0.3 is 19.5 Å². The number of hydrogen-bond donors (Lipinski definition) is 2. The Kier molecular flexibility index (Phi) is 7.23. The molecule has 0 amide bonds. The van der Waals surface area contributed by atoms with Crippen LogP contribution in [0.3, 0.4) is 0 Å². The fourth-order valence-electron chi connectivity index (χ4n) is 7.36. The summed E-state index contributed by atoms with van der Waals surface area (Å²) in [4.78, 5) is 17.3. The van der Waals surface area contributed by atoms with E-state index in [9.17, 15) is 22.7 Å². The highest BCUT2D eigenvalue weighted by Gasteiger charge is 2.49. The van der Waals surface area contributed by atoms with Crippen molar-refractivity contribution >= 4 is 27.6 Å². The van der Waals surface area contributed by atoms with Crippen molar-refractivity contribution in [3.8, 4) is 23.1 Å². The molecule has 45 heavy (non-hydrogen) atoms. The number of nitrogens with zero attached hydrogens (tertiary/aromatic N) is 6. The highest BCUT2D eigenvalue weighted by atomic mass is 19.4. The largest absolute Gasteiger partial charge is 0.475 e. The maximum absolute atomic E-state index is 16.8. The maximum atomic E-state index is 16.8. The second-order valence-electron chi connectivity index (χ2n) is 12.0. The Hall–Kier alpha value is -3.85. The fraction of sp³-hybridized carbons (Fsp3) is 0.533. The summed E-state index contributed by atoms with van der Waals surface area (Å²) in [5.41, 5.74) is -2.86. The second kappa shape index (κ2) is 10.9. The van der Waals surface area contributed by atoms with Gasteiger partial charge in [-0.15, -0.1) is 0 Å². The van der Waals surface area contributed by atoms with Crippen LogP contribution in [0.2, 0.25) is 0 Å². The van der Waals surface area contributed by atoms with E-state index in [1.54, 1.807) is 0 Å². The summed E-state index contributed by atoms with van der Waals surface area (Å²) in [5, 5.41) is 16.5. The van der Waals surface area contributed by atoms with Crippen LogP contribution in [0.1, 0.15) is 43.7 Å². The lowest BCUT2D eigenvalue weighted by Gasteiger charge is -2.31. The highest BCUT2D eigenvalue weighted by molar-refractivity contribution is 6.01. The molecular formula is C30H32F5N7O3. The van der Waals surface area contributed by atoms with Crippen LogP contribution in [0.4, 0.5) is 27.8 Å². The van der Waals surface area contributed by atoms with Crippen molar-refractivity contribution in [1.29, 1.82) is 0 Å².